The summed E-state index contributed by atoms with van der Waals surface area (Å²) in [5.41, 5.74) is 2.84. The number of carboxylic acids is 1. The summed E-state index contributed by atoms with van der Waals surface area (Å²) in [5, 5.41) is 17.1. The molecule has 146 valence electrons. The maximum atomic E-state index is 11.6. The van der Waals surface area contributed by atoms with Crippen LogP contribution in [0.25, 0.3) is 11.3 Å². The third kappa shape index (κ3) is 4.50. The highest BCUT2D eigenvalue weighted by atomic mass is 16.5. The molecule has 3 rings (SSSR count). The van der Waals surface area contributed by atoms with Gasteiger partial charge in [-0.1, -0.05) is 32.9 Å². The van der Waals surface area contributed by atoms with Gasteiger partial charge in [-0.2, -0.15) is 5.10 Å². The fraction of sp³-hybridized carbons (Fsp3) is 0.524. The van der Waals surface area contributed by atoms with E-state index in [1.54, 1.807) is 7.11 Å². The molecular formula is C21H29N3O3. The van der Waals surface area contributed by atoms with Crippen molar-refractivity contribution in [2.24, 2.45) is 17.3 Å². The quantitative estimate of drug-likeness (QED) is 0.839. The van der Waals surface area contributed by atoms with Crippen molar-refractivity contribution >= 4 is 5.97 Å². The van der Waals surface area contributed by atoms with E-state index in [2.05, 4.69) is 35.9 Å². The van der Waals surface area contributed by atoms with Crippen molar-refractivity contribution in [2.75, 3.05) is 20.2 Å². The number of H-pyrrole nitrogens is 1. The molecule has 27 heavy (non-hydrogen) atoms. The van der Waals surface area contributed by atoms with E-state index in [1.165, 1.54) is 0 Å². The summed E-state index contributed by atoms with van der Waals surface area (Å²) >= 11 is 0. The minimum Gasteiger partial charge on any atom is -0.496 e. The summed E-state index contributed by atoms with van der Waals surface area (Å²) in [6.45, 7) is 8.71. The van der Waals surface area contributed by atoms with Crippen LogP contribution in [0.1, 0.15) is 32.9 Å². The van der Waals surface area contributed by atoms with Crippen molar-refractivity contribution in [3.63, 3.8) is 0 Å². The van der Waals surface area contributed by atoms with Crippen LogP contribution in [-0.4, -0.2) is 46.4 Å². The predicted octanol–water partition coefficient (Wildman–Crippen LogP) is 3.65. The molecule has 2 heterocycles. The number of aromatic nitrogens is 2. The molecule has 1 fully saturated rings. The zero-order chi connectivity index (χ0) is 19.6. The van der Waals surface area contributed by atoms with E-state index in [9.17, 15) is 9.90 Å². The predicted molar refractivity (Wildman–Crippen MR) is 105 cm³/mol. The fourth-order valence-corrected chi connectivity index (χ4v) is 3.80. The van der Waals surface area contributed by atoms with E-state index in [-0.39, 0.29) is 11.3 Å². The van der Waals surface area contributed by atoms with Crippen molar-refractivity contribution in [1.29, 1.82) is 0 Å². The molecule has 0 aliphatic carbocycles. The van der Waals surface area contributed by atoms with Gasteiger partial charge in [0.05, 0.1) is 18.7 Å². The molecule has 2 aromatic rings. The SMILES string of the molecule is COc1ccccc1-c1cc(CN2CC(C(=O)O)CC(C(C)(C)C)C2)[nH]n1. The van der Waals surface area contributed by atoms with Crippen LogP contribution in [0.15, 0.2) is 30.3 Å². The lowest BCUT2D eigenvalue weighted by Gasteiger charge is -2.42. The van der Waals surface area contributed by atoms with Crippen molar-refractivity contribution in [3.05, 3.63) is 36.0 Å². The van der Waals surface area contributed by atoms with E-state index in [0.29, 0.717) is 19.0 Å². The molecule has 6 nitrogen and oxygen atoms in total. The van der Waals surface area contributed by atoms with Crippen LogP contribution < -0.4 is 4.74 Å². The molecule has 6 heteroatoms. The highest BCUT2D eigenvalue weighted by molar-refractivity contribution is 5.70. The summed E-state index contributed by atoms with van der Waals surface area (Å²) in [6, 6.07) is 9.81. The smallest absolute Gasteiger partial charge is 0.307 e. The van der Waals surface area contributed by atoms with Crippen LogP contribution in [0.3, 0.4) is 0 Å². The maximum absolute atomic E-state index is 11.6. The van der Waals surface area contributed by atoms with Crippen LogP contribution in [0.2, 0.25) is 0 Å². The number of nitrogens with one attached hydrogen (secondary N) is 1. The van der Waals surface area contributed by atoms with Gasteiger partial charge in [-0.15, -0.1) is 0 Å². The Bertz CT molecular complexity index is 794. The Balaban J connectivity index is 1.76. The molecular weight excluding hydrogens is 342 g/mol. The lowest BCUT2D eigenvalue weighted by Crippen LogP contribution is -2.46. The van der Waals surface area contributed by atoms with Gasteiger partial charge < -0.3 is 9.84 Å². The normalized spacial score (nSPS) is 21.2. The van der Waals surface area contributed by atoms with E-state index in [1.807, 2.05) is 30.3 Å². The zero-order valence-electron chi connectivity index (χ0n) is 16.5. The van der Waals surface area contributed by atoms with Crippen molar-refractivity contribution < 1.29 is 14.6 Å². The van der Waals surface area contributed by atoms with Gasteiger partial charge in [0.25, 0.3) is 0 Å². The van der Waals surface area contributed by atoms with Crippen LogP contribution in [-0.2, 0) is 11.3 Å². The van der Waals surface area contributed by atoms with Gasteiger partial charge in [0, 0.05) is 30.9 Å². The number of para-hydroxylation sites is 1. The lowest BCUT2D eigenvalue weighted by molar-refractivity contribution is -0.145. The molecule has 1 aromatic heterocycles. The van der Waals surface area contributed by atoms with Gasteiger partial charge in [0.2, 0.25) is 0 Å². The first-order valence-corrected chi connectivity index (χ1v) is 9.40. The number of methoxy groups -OCH3 is 1. The second kappa shape index (κ2) is 7.72. The van der Waals surface area contributed by atoms with Crippen molar-refractivity contribution in [3.8, 4) is 17.0 Å². The molecule has 0 bridgehead atoms. The Kier molecular flexibility index (Phi) is 5.56. The number of hydrogen-bond acceptors (Lipinski definition) is 4. The molecule has 0 spiro atoms. The third-order valence-corrected chi connectivity index (χ3v) is 5.51. The van der Waals surface area contributed by atoms with Gasteiger partial charge in [-0.25, -0.2) is 0 Å². The summed E-state index contributed by atoms with van der Waals surface area (Å²) in [5.74, 6) is 0.115. The summed E-state index contributed by atoms with van der Waals surface area (Å²) in [7, 11) is 1.65. The van der Waals surface area contributed by atoms with Gasteiger partial charge in [-0.3, -0.25) is 14.8 Å². The number of hydrogen-bond donors (Lipinski definition) is 2. The fourth-order valence-electron chi connectivity index (χ4n) is 3.80. The standard InChI is InChI=1S/C21H29N3O3/c1-21(2,3)15-9-14(20(25)26)11-24(12-15)13-16-10-18(23-22-16)17-7-5-6-8-19(17)27-4/h5-8,10,14-15H,9,11-13H2,1-4H3,(H,22,23)(H,25,26). The van der Waals surface area contributed by atoms with Crippen molar-refractivity contribution in [1.82, 2.24) is 15.1 Å². The topological polar surface area (TPSA) is 78.5 Å². The maximum Gasteiger partial charge on any atom is 0.307 e. The molecule has 0 radical (unpaired) electrons. The molecule has 0 saturated carbocycles. The number of carbonyl (C=O) groups is 1. The van der Waals surface area contributed by atoms with E-state index < -0.39 is 5.97 Å². The van der Waals surface area contributed by atoms with E-state index in [4.69, 9.17) is 4.74 Å². The van der Waals surface area contributed by atoms with E-state index in [0.717, 1.165) is 35.7 Å². The van der Waals surface area contributed by atoms with Gasteiger partial charge in [0.15, 0.2) is 0 Å². The van der Waals surface area contributed by atoms with Gasteiger partial charge >= 0.3 is 5.97 Å². The molecule has 1 aliphatic rings. The Morgan fingerprint density at radius 1 is 1.33 bits per heavy atom. The minimum atomic E-state index is -0.701. The Labute approximate surface area is 160 Å². The third-order valence-electron chi connectivity index (χ3n) is 5.51. The summed E-state index contributed by atoms with van der Waals surface area (Å²) in [4.78, 5) is 13.9. The number of piperidine rings is 1. The first-order valence-electron chi connectivity index (χ1n) is 9.40. The number of aromatic amines is 1. The number of carboxylic acid groups (broad SMARTS) is 1. The number of likely N-dealkylation sites (tertiary alicyclic amines) is 1. The summed E-state index contributed by atoms with van der Waals surface area (Å²) < 4.78 is 5.42. The molecule has 2 unspecified atom stereocenters. The number of aliphatic carboxylic acids is 1. The highest BCUT2D eigenvalue weighted by Crippen LogP contribution is 2.36. The van der Waals surface area contributed by atoms with Crippen LogP contribution >= 0.6 is 0 Å². The number of ether oxygens (including phenoxy) is 1. The molecule has 1 aliphatic heterocycles. The number of nitrogens with zero attached hydrogens (tertiary/aromatic N) is 2. The minimum absolute atomic E-state index is 0.0862. The van der Waals surface area contributed by atoms with Gasteiger partial charge in [0.1, 0.15) is 5.75 Å². The van der Waals surface area contributed by atoms with Crippen LogP contribution in [0.5, 0.6) is 5.75 Å². The van der Waals surface area contributed by atoms with Crippen LogP contribution in [0, 0.1) is 17.3 Å². The highest BCUT2D eigenvalue weighted by Gasteiger charge is 2.37. The average Bonchev–Trinajstić information content (AvgIpc) is 3.08. The Morgan fingerprint density at radius 2 is 2.07 bits per heavy atom. The number of rotatable bonds is 5. The summed E-state index contributed by atoms with van der Waals surface area (Å²) in [6.07, 6.45) is 0.741. The molecule has 1 saturated heterocycles. The lowest BCUT2D eigenvalue weighted by atomic mass is 9.73. The second-order valence-corrected chi connectivity index (χ2v) is 8.51. The first-order chi connectivity index (χ1) is 12.8. The van der Waals surface area contributed by atoms with E-state index >= 15 is 0 Å². The number of benzene rings is 1. The first kappa shape index (κ1) is 19.4. The zero-order valence-corrected chi connectivity index (χ0v) is 16.5. The molecule has 2 atom stereocenters. The van der Waals surface area contributed by atoms with Crippen molar-refractivity contribution in [2.45, 2.75) is 33.7 Å². The van der Waals surface area contributed by atoms with Crippen LogP contribution in [0.4, 0.5) is 0 Å². The average molecular weight is 371 g/mol. The molecule has 0 amide bonds. The monoisotopic (exact) mass is 371 g/mol. The largest absolute Gasteiger partial charge is 0.496 e. The van der Waals surface area contributed by atoms with Gasteiger partial charge in [-0.05, 0) is 36.0 Å². The Hall–Kier alpha value is -2.34. The molecule has 2 N–H and O–H groups in total. The Morgan fingerprint density at radius 3 is 2.74 bits per heavy atom. The second-order valence-electron chi connectivity index (χ2n) is 8.51. The molecule has 1 aromatic carbocycles.